The normalized spacial score (nSPS) is 19.3. The molecule has 0 radical (unpaired) electrons. The lowest BCUT2D eigenvalue weighted by Gasteiger charge is -2.23. The van der Waals surface area contributed by atoms with Crippen molar-refractivity contribution in [3.05, 3.63) is 54.1 Å². The Balaban J connectivity index is 2.10. The van der Waals surface area contributed by atoms with Gasteiger partial charge in [0.25, 0.3) is 5.91 Å². The highest BCUT2D eigenvalue weighted by molar-refractivity contribution is 6.10. The fourth-order valence-corrected chi connectivity index (χ4v) is 2.47. The van der Waals surface area contributed by atoms with Crippen molar-refractivity contribution in [1.82, 2.24) is 0 Å². The van der Waals surface area contributed by atoms with Gasteiger partial charge in [0.15, 0.2) is 0 Å². The average molecular weight is 279 g/mol. The first-order chi connectivity index (χ1) is 10.2. The minimum absolute atomic E-state index is 0.392. The quantitative estimate of drug-likeness (QED) is 0.905. The average Bonchev–Trinajstić information content (AvgIpc) is 2.80. The summed E-state index contributed by atoms with van der Waals surface area (Å²) in [7, 11) is 1.54. The molecule has 5 heteroatoms. The first-order valence-corrected chi connectivity index (χ1v) is 6.44. The minimum atomic E-state index is -1.45. The first kappa shape index (κ1) is 13.0. The van der Waals surface area contributed by atoms with Gasteiger partial charge in [-0.15, -0.1) is 0 Å². The standard InChI is InChI=1S/C16H13N3O2/c1-21-14-9-5-4-8-13(14)19-16(10-17)11-6-2-3-7-12(11)18-15(16)20/h2-9,19H,1H3,(H,18,20). The van der Waals surface area contributed by atoms with Crippen LogP contribution in [0.15, 0.2) is 48.5 Å². The predicted octanol–water partition coefficient (Wildman–Crippen LogP) is 2.48. The molecule has 0 saturated carbocycles. The monoisotopic (exact) mass is 279 g/mol. The molecule has 2 aromatic carbocycles. The number of rotatable bonds is 3. The van der Waals surface area contributed by atoms with E-state index in [4.69, 9.17) is 4.74 Å². The summed E-state index contributed by atoms with van der Waals surface area (Å²) in [5.41, 5.74) is 0.397. The van der Waals surface area contributed by atoms with Gasteiger partial charge in [-0.25, -0.2) is 0 Å². The number of carbonyl (C=O) groups is 1. The molecule has 1 amide bonds. The summed E-state index contributed by atoms with van der Waals surface area (Å²) in [6.07, 6.45) is 0. The molecule has 0 aromatic heterocycles. The molecular weight excluding hydrogens is 266 g/mol. The van der Waals surface area contributed by atoms with Gasteiger partial charge in [-0.2, -0.15) is 5.26 Å². The molecule has 1 aliphatic rings. The molecule has 0 bridgehead atoms. The second-order valence-corrected chi connectivity index (χ2v) is 4.69. The van der Waals surface area contributed by atoms with Gasteiger partial charge in [-0.05, 0) is 18.2 Å². The zero-order valence-corrected chi connectivity index (χ0v) is 11.4. The third kappa shape index (κ3) is 1.89. The van der Waals surface area contributed by atoms with E-state index in [1.54, 1.807) is 37.4 Å². The predicted molar refractivity (Wildman–Crippen MR) is 79.0 cm³/mol. The summed E-state index contributed by atoms with van der Waals surface area (Å²) in [5, 5.41) is 15.4. The largest absolute Gasteiger partial charge is 0.495 e. The van der Waals surface area contributed by atoms with Crippen LogP contribution in [0.2, 0.25) is 0 Å². The number of benzene rings is 2. The van der Waals surface area contributed by atoms with Crippen LogP contribution >= 0.6 is 0 Å². The van der Waals surface area contributed by atoms with E-state index >= 15 is 0 Å². The van der Waals surface area contributed by atoms with Gasteiger partial charge in [0.1, 0.15) is 11.8 Å². The highest BCUT2D eigenvalue weighted by atomic mass is 16.5. The van der Waals surface area contributed by atoms with Crippen LogP contribution in [-0.4, -0.2) is 13.0 Å². The van der Waals surface area contributed by atoms with Crippen LogP contribution in [-0.2, 0) is 10.3 Å². The number of hydrogen-bond donors (Lipinski definition) is 2. The highest BCUT2D eigenvalue weighted by Crippen LogP contribution is 2.39. The molecule has 2 N–H and O–H groups in total. The topological polar surface area (TPSA) is 74.1 Å². The summed E-state index contributed by atoms with van der Waals surface area (Å²) in [4.78, 5) is 12.4. The van der Waals surface area contributed by atoms with E-state index in [0.717, 1.165) is 0 Å². The maximum atomic E-state index is 12.4. The Morgan fingerprint density at radius 3 is 2.67 bits per heavy atom. The number of para-hydroxylation sites is 3. The SMILES string of the molecule is COc1ccccc1NC1(C#N)C(=O)Nc2ccccc21. The van der Waals surface area contributed by atoms with Gasteiger partial charge in [0.05, 0.1) is 12.8 Å². The van der Waals surface area contributed by atoms with Crippen molar-refractivity contribution >= 4 is 17.3 Å². The van der Waals surface area contributed by atoms with Crippen LogP contribution in [0.3, 0.4) is 0 Å². The van der Waals surface area contributed by atoms with Crippen LogP contribution in [0.5, 0.6) is 5.75 Å². The van der Waals surface area contributed by atoms with E-state index in [1.807, 2.05) is 18.2 Å². The van der Waals surface area contributed by atoms with Gasteiger partial charge in [0.2, 0.25) is 5.54 Å². The summed E-state index contributed by atoms with van der Waals surface area (Å²) in [6.45, 7) is 0. The van der Waals surface area contributed by atoms with Gasteiger partial charge >= 0.3 is 0 Å². The molecule has 1 heterocycles. The van der Waals surface area contributed by atoms with Gasteiger partial charge < -0.3 is 15.4 Å². The van der Waals surface area contributed by atoms with Crippen LogP contribution in [0.25, 0.3) is 0 Å². The second-order valence-electron chi connectivity index (χ2n) is 4.69. The molecular formula is C16H13N3O2. The number of methoxy groups -OCH3 is 1. The summed E-state index contributed by atoms with van der Waals surface area (Å²) in [5.74, 6) is 0.182. The number of hydrogen-bond acceptors (Lipinski definition) is 4. The molecule has 0 fully saturated rings. The molecule has 21 heavy (non-hydrogen) atoms. The Bertz CT molecular complexity index is 751. The number of nitriles is 1. The van der Waals surface area contributed by atoms with Crippen molar-refractivity contribution in [2.75, 3.05) is 17.7 Å². The zero-order chi connectivity index (χ0) is 14.9. The molecule has 2 aromatic rings. The number of ether oxygens (including phenoxy) is 1. The molecule has 0 saturated heterocycles. The number of carbonyl (C=O) groups excluding carboxylic acids is 1. The molecule has 1 atom stereocenters. The fourth-order valence-electron chi connectivity index (χ4n) is 2.47. The van der Waals surface area contributed by atoms with E-state index in [0.29, 0.717) is 22.7 Å². The van der Waals surface area contributed by atoms with Gasteiger partial charge in [0, 0.05) is 11.3 Å². The second kappa shape index (κ2) is 4.84. The van der Waals surface area contributed by atoms with Crippen molar-refractivity contribution in [2.24, 2.45) is 0 Å². The lowest BCUT2D eigenvalue weighted by Crippen LogP contribution is -2.40. The lowest BCUT2D eigenvalue weighted by molar-refractivity contribution is -0.118. The molecule has 104 valence electrons. The summed E-state index contributed by atoms with van der Waals surface area (Å²) >= 11 is 0. The third-order valence-electron chi connectivity index (χ3n) is 3.52. The van der Waals surface area contributed by atoms with Crippen LogP contribution in [0.4, 0.5) is 11.4 Å². The van der Waals surface area contributed by atoms with E-state index in [1.165, 1.54) is 0 Å². The van der Waals surface area contributed by atoms with Crippen LogP contribution < -0.4 is 15.4 Å². The van der Waals surface area contributed by atoms with Crippen molar-refractivity contribution in [3.63, 3.8) is 0 Å². The van der Waals surface area contributed by atoms with E-state index < -0.39 is 11.4 Å². The Kier molecular flexibility index (Phi) is 2.99. The van der Waals surface area contributed by atoms with Crippen molar-refractivity contribution in [3.8, 4) is 11.8 Å². The molecule has 0 spiro atoms. The molecule has 1 aliphatic heterocycles. The fraction of sp³-hybridized carbons (Fsp3) is 0.125. The lowest BCUT2D eigenvalue weighted by atomic mass is 9.92. The van der Waals surface area contributed by atoms with E-state index in [2.05, 4.69) is 16.7 Å². The maximum absolute atomic E-state index is 12.4. The Morgan fingerprint density at radius 2 is 1.90 bits per heavy atom. The molecule has 1 unspecified atom stereocenters. The molecule has 0 aliphatic carbocycles. The van der Waals surface area contributed by atoms with Crippen molar-refractivity contribution in [1.29, 1.82) is 5.26 Å². The van der Waals surface area contributed by atoms with Crippen molar-refractivity contribution < 1.29 is 9.53 Å². The van der Waals surface area contributed by atoms with E-state index in [-0.39, 0.29) is 0 Å². The van der Waals surface area contributed by atoms with Crippen molar-refractivity contribution in [2.45, 2.75) is 5.54 Å². The first-order valence-electron chi connectivity index (χ1n) is 6.44. The minimum Gasteiger partial charge on any atom is -0.495 e. The highest BCUT2D eigenvalue weighted by Gasteiger charge is 2.48. The summed E-state index contributed by atoms with van der Waals surface area (Å²) in [6, 6.07) is 16.4. The Morgan fingerprint density at radius 1 is 1.19 bits per heavy atom. The smallest absolute Gasteiger partial charge is 0.269 e. The number of anilines is 2. The zero-order valence-electron chi connectivity index (χ0n) is 11.4. The number of nitrogens with one attached hydrogen (secondary N) is 2. The van der Waals surface area contributed by atoms with Gasteiger partial charge in [-0.1, -0.05) is 30.3 Å². The number of fused-ring (bicyclic) bond motifs is 1. The Hall–Kier alpha value is -3.00. The summed E-state index contributed by atoms with van der Waals surface area (Å²) < 4.78 is 5.26. The number of amides is 1. The van der Waals surface area contributed by atoms with Gasteiger partial charge in [-0.3, -0.25) is 4.79 Å². The van der Waals surface area contributed by atoms with Crippen LogP contribution in [0.1, 0.15) is 5.56 Å². The number of nitrogens with zero attached hydrogens (tertiary/aromatic N) is 1. The molecule has 3 rings (SSSR count). The molecule has 5 nitrogen and oxygen atoms in total. The van der Waals surface area contributed by atoms with E-state index in [9.17, 15) is 10.1 Å². The maximum Gasteiger partial charge on any atom is 0.269 e. The Labute approximate surface area is 122 Å². The third-order valence-corrected chi connectivity index (χ3v) is 3.52. The van der Waals surface area contributed by atoms with Crippen LogP contribution in [0, 0.1) is 11.3 Å².